The lowest BCUT2D eigenvalue weighted by molar-refractivity contribution is -0.111. The van der Waals surface area contributed by atoms with E-state index < -0.39 is 0 Å². The number of hydrogen-bond acceptors (Lipinski definition) is 4. The van der Waals surface area contributed by atoms with Gasteiger partial charge in [0, 0.05) is 22.3 Å². The molecule has 0 aliphatic heterocycles. The van der Waals surface area contributed by atoms with Gasteiger partial charge in [0.1, 0.15) is 22.6 Å². The van der Waals surface area contributed by atoms with Crippen molar-refractivity contribution in [1.29, 1.82) is 0 Å². The van der Waals surface area contributed by atoms with E-state index >= 15 is 0 Å². The van der Waals surface area contributed by atoms with Crippen molar-refractivity contribution in [2.24, 2.45) is 0 Å². The van der Waals surface area contributed by atoms with E-state index in [0.29, 0.717) is 32.8 Å². The van der Waals surface area contributed by atoms with E-state index in [1.807, 2.05) is 37.3 Å². The molecular weight excluding hydrogens is 471 g/mol. The van der Waals surface area contributed by atoms with E-state index in [2.05, 4.69) is 15.5 Å². The first-order valence-electron chi connectivity index (χ1n) is 10.4. The highest BCUT2D eigenvalue weighted by molar-refractivity contribution is 6.36. The van der Waals surface area contributed by atoms with Gasteiger partial charge in [-0.3, -0.25) is 4.79 Å². The molecule has 1 amide bonds. The number of carbonyl (C=O) groups excluding carboxylic acids is 1. The van der Waals surface area contributed by atoms with Crippen LogP contribution in [0.15, 0.2) is 83.3 Å². The van der Waals surface area contributed by atoms with Gasteiger partial charge in [-0.1, -0.05) is 40.9 Å². The summed E-state index contributed by atoms with van der Waals surface area (Å²) >= 11 is 12.2. The molecule has 0 radical (unpaired) electrons. The summed E-state index contributed by atoms with van der Waals surface area (Å²) in [5.41, 5.74) is 4.79. The van der Waals surface area contributed by atoms with Crippen LogP contribution in [0.2, 0.25) is 10.0 Å². The normalized spacial score (nSPS) is 11.4. The van der Waals surface area contributed by atoms with Crippen molar-refractivity contribution in [2.45, 2.75) is 6.92 Å². The first-order valence-corrected chi connectivity index (χ1v) is 11.2. The number of fused-ring (bicyclic) bond motifs is 1. The van der Waals surface area contributed by atoms with Crippen molar-refractivity contribution >= 4 is 51.9 Å². The van der Waals surface area contributed by atoms with Gasteiger partial charge in [-0.25, -0.2) is 0 Å². The maximum Gasteiger partial charge on any atom is 0.248 e. The summed E-state index contributed by atoms with van der Waals surface area (Å²) in [5, 5.41) is 12.9. The van der Waals surface area contributed by atoms with E-state index in [1.165, 1.54) is 6.08 Å². The maximum atomic E-state index is 12.4. The highest BCUT2D eigenvalue weighted by atomic mass is 35.5. The van der Waals surface area contributed by atoms with E-state index in [-0.39, 0.29) is 5.91 Å². The molecule has 168 valence electrons. The molecule has 0 atom stereocenters. The molecule has 0 saturated heterocycles. The van der Waals surface area contributed by atoms with Gasteiger partial charge < -0.3 is 9.73 Å². The van der Waals surface area contributed by atoms with Crippen molar-refractivity contribution in [3.63, 3.8) is 0 Å². The molecule has 0 fully saturated rings. The summed E-state index contributed by atoms with van der Waals surface area (Å²) in [7, 11) is 0. The van der Waals surface area contributed by atoms with Gasteiger partial charge in [0.15, 0.2) is 0 Å². The van der Waals surface area contributed by atoms with E-state index in [9.17, 15) is 4.79 Å². The number of nitrogens with one attached hydrogen (secondary N) is 1. The smallest absolute Gasteiger partial charge is 0.248 e. The Morgan fingerprint density at radius 1 is 0.941 bits per heavy atom. The van der Waals surface area contributed by atoms with Crippen molar-refractivity contribution in [3.05, 3.63) is 100 Å². The second-order valence-electron chi connectivity index (χ2n) is 7.68. The summed E-state index contributed by atoms with van der Waals surface area (Å²) in [5.74, 6) is 0.809. The molecule has 2 aromatic heterocycles. The molecule has 0 aliphatic rings. The first-order chi connectivity index (χ1) is 16.4. The highest BCUT2D eigenvalue weighted by Crippen LogP contribution is 2.31. The Kier molecular flexibility index (Phi) is 5.92. The quantitative estimate of drug-likeness (QED) is 0.271. The second-order valence-corrected chi connectivity index (χ2v) is 8.52. The number of rotatable bonds is 5. The average Bonchev–Trinajstić information content (AvgIpc) is 3.45. The number of carbonyl (C=O) groups is 1. The molecule has 0 spiro atoms. The molecule has 1 N–H and O–H groups in total. The second kappa shape index (κ2) is 9.17. The Hall–Kier alpha value is -3.87. The maximum absolute atomic E-state index is 12.4. The molecule has 0 aliphatic carbocycles. The van der Waals surface area contributed by atoms with Gasteiger partial charge in [0.25, 0.3) is 0 Å². The number of aromatic nitrogens is 3. The van der Waals surface area contributed by atoms with Crippen molar-refractivity contribution < 1.29 is 9.21 Å². The van der Waals surface area contributed by atoms with E-state index in [1.54, 1.807) is 53.3 Å². The largest absolute Gasteiger partial charge is 0.457 e. The minimum atomic E-state index is -0.298. The third kappa shape index (κ3) is 4.73. The molecule has 34 heavy (non-hydrogen) atoms. The fourth-order valence-corrected chi connectivity index (χ4v) is 3.91. The van der Waals surface area contributed by atoms with Crippen molar-refractivity contribution in [2.75, 3.05) is 5.32 Å². The van der Waals surface area contributed by atoms with Crippen LogP contribution in [0.25, 0.3) is 34.1 Å². The summed E-state index contributed by atoms with van der Waals surface area (Å²) in [4.78, 5) is 14.0. The molecule has 0 unspecified atom stereocenters. The van der Waals surface area contributed by atoms with Crippen molar-refractivity contribution in [3.8, 4) is 17.0 Å². The topological polar surface area (TPSA) is 73.0 Å². The Morgan fingerprint density at radius 2 is 1.74 bits per heavy atom. The zero-order chi connectivity index (χ0) is 23.7. The molecule has 3 aromatic carbocycles. The summed E-state index contributed by atoms with van der Waals surface area (Å²) in [6.45, 7) is 2.03. The summed E-state index contributed by atoms with van der Waals surface area (Å²) < 4.78 is 5.79. The third-order valence-corrected chi connectivity index (χ3v) is 5.68. The number of benzene rings is 3. The Labute approximate surface area is 205 Å². The van der Waals surface area contributed by atoms with Crippen molar-refractivity contribution in [1.82, 2.24) is 15.0 Å². The number of hydrogen-bond donors (Lipinski definition) is 1. The molecule has 5 aromatic rings. The van der Waals surface area contributed by atoms with E-state index in [4.69, 9.17) is 27.6 Å². The average molecular weight is 489 g/mol. The zero-order valence-corrected chi connectivity index (χ0v) is 19.5. The van der Waals surface area contributed by atoms with Crippen LogP contribution in [0.1, 0.15) is 11.3 Å². The Morgan fingerprint density at radius 3 is 2.53 bits per heavy atom. The number of anilines is 1. The SMILES string of the molecule is Cc1ccc(-n2nc3ccc(NC(=O)/C=C\c4ccc(-c5ccc(Cl)cc5Cl)o4)cc3n2)cc1. The number of furan rings is 1. The van der Waals surface area contributed by atoms with Crippen LogP contribution in [-0.4, -0.2) is 20.9 Å². The lowest BCUT2D eigenvalue weighted by atomic mass is 10.2. The van der Waals surface area contributed by atoms with Gasteiger partial charge in [0.2, 0.25) is 5.91 Å². The van der Waals surface area contributed by atoms with Gasteiger partial charge in [0.05, 0.1) is 10.7 Å². The number of halogens is 2. The summed E-state index contributed by atoms with van der Waals surface area (Å²) in [6.07, 6.45) is 2.99. The standard InChI is InChI=1S/C26H18Cl2N4O2/c1-16-2-6-19(7-3-16)32-30-23-11-5-18(15-24(23)31-32)29-26(33)13-9-20-8-12-25(34-20)21-10-4-17(27)14-22(21)28/h2-15H,1H3,(H,29,33)/b13-9-. The molecule has 8 heteroatoms. The third-order valence-electron chi connectivity index (χ3n) is 5.14. The minimum absolute atomic E-state index is 0.298. The molecule has 6 nitrogen and oxygen atoms in total. The molecule has 0 saturated carbocycles. The molecular formula is C26H18Cl2N4O2. The van der Waals surface area contributed by atoms with Crippen LogP contribution in [0.4, 0.5) is 5.69 Å². The monoisotopic (exact) mass is 488 g/mol. The molecule has 5 rings (SSSR count). The fourth-order valence-electron chi connectivity index (χ4n) is 3.40. The van der Waals surface area contributed by atoms with Gasteiger partial charge in [-0.05, 0) is 73.7 Å². The zero-order valence-electron chi connectivity index (χ0n) is 18.0. The minimum Gasteiger partial charge on any atom is -0.457 e. The van der Waals surface area contributed by atoms with Crippen LogP contribution >= 0.6 is 23.2 Å². The fraction of sp³-hybridized carbons (Fsp3) is 0.0385. The number of amides is 1. The van der Waals surface area contributed by atoms with Gasteiger partial charge in [-0.2, -0.15) is 4.80 Å². The lowest BCUT2D eigenvalue weighted by Gasteiger charge is -2.01. The summed E-state index contributed by atoms with van der Waals surface area (Å²) in [6, 6.07) is 22.1. The first kappa shape index (κ1) is 21.9. The van der Waals surface area contributed by atoms with E-state index in [0.717, 1.165) is 22.3 Å². The highest BCUT2D eigenvalue weighted by Gasteiger charge is 2.09. The predicted molar refractivity (Wildman–Crippen MR) is 135 cm³/mol. The molecule has 0 bridgehead atoms. The number of nitrogens with zero attached hydrogens (tertiary/aromatic N) is 3. The Balaban J connectivity index is 1.28. The molecule has 2 heterocycles. The lowest BCUT2D eigenvalue weighted by Crippen LogP contribution is -2.07. The predicted octanol–water partition coefficient (Wildman–Crippen LogP) is 6.95. The number of aryl methyl sites for hydroxylation is 1. The van der Waals surface area contributed by atoms with Crippen LogP contribution < -0.4 is 5.32 Å². The van der Waals surface area contributed by atoms with Crippen LogP contribution in [-0.2, 0) is 4.79 Å². The van der Waals surface area contributed by atoms with Crippen LogP contribution in [0.5, 0.6) is 0 Å². The van der Waals surface area contributed by atoms with Crippen LogP contribution in [0.3, 0.4) is 0 Å². The van der Waals surface area contributed by atoms with Crippen LogP contribution in [0, 0.1) is 6.92 Å². The van der Waals surface area contributed by atoms with Gasteiger partial charge in [-0.15, -0.1) is 10.2 Å². The Bertz CT molecular complexity index is 1530. The van der Waals surface area contributed by atoms with Gasteiger partial charge >= 0.3 is 0 Å².